The molecule has 0 atom stereocenters. The van der Waals surface area contributed by atoms with Gasteiger partial charge in [-0.05, 0) is 48.2 Å². The Morgan fingerprint density at radius 1 is 1.21 bits per heavy atom. The monoisotopic (exact) mass is 408 g/mol. The van der Waals surface area contributed by atoms with Crippen LogP contribution in [0, 0.1) is 5.82 Å². The Hall–Kier alpha value is -3.10. The Balaban J connectivity index is 1.39. The lowest BCUT2D eigenvalue weighted by Crippen LogP contribution is -2.21. The van der Waals surface area contributed by atoms with Crippen molar-refractivity contribution >= 4 is 21.4 Å². The fraction of sp³-hybridized carbons (Fsp3) is 0.190. The van der Waals surface area contributed by atoms with E-state index in [0.717, 1.165) is 36.1 Å². The zero-order chi connectivity index (χ0) is 19.8. The van der Waals surface area contributed by atoms with E-state index >= 15 is 0 Å². The second kappa shape index (κ2) is 7.38. The minimum absolute atomic E-state index is 0.131. The average Bonchev–Trinajstić information content (AvgIpc) is 3.11. The number of hydrogen-bond donors (Lipinski definition) is 1. The molecule has 146 valence electrons. The summed E-state index contributed by atoms with van der Waals surface area (Å²) in [6, 6.07) is 10.3. The predicted octanol–water partition coefficient (Wildman–Crippen LogP) is 3.21. The van der Waals surface area contributed by atoms with Gasteiger partial charge in [-0.2, -0.15) is 9.78 Å². The van der Waals surface area contributed by atoms with Gasteiger partial charge in [0, 0.05) is 22.2 Å². The lowest BCUT2D eigenvalue weighted by molar-refractivity contribution is 0.298. The van der Waals surface area contributed by atoms with Crippen LogP contribution in [0.25, 0.3) is 15.8 Å². The summed E-state index contributed by atoms with van der Waals surface area (Å²) in [4.78, 5) is 17.9. The van der Waals surface area contributed by atoms with Crippen LogP contribution in [0.4, 0.5) is 4.39 Å². The average molecular weight is 408 g/mol. The minimum atomic E-state index is -0.405. The molecule has 1 aromatic carbocycles. The van der Waals surface area contributed by atoms with Crippen LogP contribution in [0.5, 0.6) is 5.75 Å². The zero-order valence-corrected chi connectivity index (χ0v) is 16.2. The molecule has 1 N–H and O–H groups in total. The maximum atomic E-state index is 12.9. The van der Waals surface area contributed by atoms with Gasteiger partial charge in [0.05, 0.1) is 23.8 Å². The van der Waals surface area contributed by atoms with Gasteiger partial charge in [0.15, 0.2) is 0 Å². The van der Waals surface area contributed by atoms with Crippen molar-refractivity contribution in [1.29, 1.82) is 0 Å². The Kier molecular flexibility index (Phi) is 4.57. The Morgan fingerprint density at radius 2 is 2.14 bits per heavy atom. The summed E-state index contributed by atoms with van der Waals surface area (Å²) in [6.07, 6.45) is 3.66. The molecular formula is C21H17FN4O2S. The van der Waals surface area contributed by atoms with Crippen molar-refractivity contribution in [3.8, 4) is 11.4 Å². The van der Waals surface area contributed by atoms with Crippen molar-refractivity contribution in [2.45, 2.75) is 19.6 Å². The largest absolute Gasteiger partial charge is 0.485 e. The second-order valence-corrected chi connectivity index (χ2v) is 7.95. The highest BCUT2D eigenvalue weighted by atomic mass is 32.1. The number of pyridine rings is 1. The summed E-state index contributed by atoms with van der Waals surface area (Å²) in [7, 11) is 0. The number of aromatic nitrogens is 3. The van der Waals surface area contributed by atoms with Gasteiger partial charge in [0.2, 0.25) is 0 Å². The van der Waals surface area contributed by atoms with Gasteiger partial charge in [-0.1, -0.05) is 6.07 Å². The molecule has 1 aliphatic rings. The Labute approximate surface area is 169 Å². The highest BCUT2D eigenvalue weighted by molar-refractivity contribution is 7.19. The van der Waals surface area contributed by atoms with Gasteiger partial charge in [-0.25, -0.2) is 4.39 Å². The maximum Gasteiger partial charge on any atom is 0.275 e. The molecular weight excluding hydrogens is 391 g/mol. The third-order valence-electron chi connectivity index (χ3n) is 4.89. The first-order valence-electron chi connectivity index (χ1n) is 9.25. The van der Waals surface area contributed by atoms with Crippen LogP contribution in [0.2, 0.25) is 0 Å². The lowest BCUT2D eigenvalue weighted by atomic mass is 10.0. The third kappa shape index (κ3) is 3.52. The first-order chi connectivity index (χ1) is 14.2. The molecule has 29 heavy (non-hydrogen) atoms. The van der Waals surface area contributed by atoms with Gasteiger partial charge in [0.1, 0.15) is 18.2 Å². The molecule has 0 radical (unpaired) electrons. The fourth-order valence-corrected chi connectivity index (χ4v) is 4.72. The molecule has 0 unspecified atom stereocenters. The molecule has 0 amide bonds. The minimum Gasteiger partial charge on any atom is -0.485 e. The predicted molar refractivity (Wildman–Crippen MR) is 109 cm³/mol. The molecule has 8 heteroatoms. The van der Waals surface area contributed by atoms with E-state index in [4.69, 9.17) is 4.74 Å². The van der Waals surface area contributed by atoms with Crippen LogP contribution in [-0.2, 0) is 19.6 Å². The van der Waals surface area contributed by atoms with Gasteiger partial charge < -0.3 is 10.1 Å². The molecule has 0 bridgehead atoms. The van der Waals surface area contributed by atoms with Crippen molar-refractivity contribution in [1.82, 2.24) is 20.1 Å². The molecule has 4 aromatic rings. The third-order valence-corrected chi connectivity index (χ3v) is 6.09. The summed E-state index contributed by atoms with van der Waals surface area (Å²) >= 11 is 1.76. The molecule has 0 saturated heterocycles. The summed E-state index contributed by atoms with van der Waals surface area (Å²) in [5.74, 6) is -0.0612. The van der Waals surface area contributed by atoms with Crippen molar-refractivity contribution in [3.63, 3.8) is 0 Å². The molecule has 4 heterocycles. The van der Waals surface area contributed by atoms with Crippen LogP contribution in [0.1, 0.15) is 16.1 Å². The number of ether oxygens (including phenoxy) is 1. The first kappa shape index (κ1) is 18.0. The summed E-state index contributed by atoms with van der Waals surface area (Å²) < 4.78 is 21.0. The van der Waals surface area contributed by atoms with Crippen molar-refractivity contribution < 1.29 is 9.13 Å². The molecule has 5 rings (SSSR count). The maximum absolute atomic E-state index is 12.9. The molecule has 0 aliphatic carbocycles. The highest BCUT2D eigenvalue weighted by Gasteiger charge is 2.16. The van der Waals surface area contributed by atoms with Crippen LogP contribution in [0.3, 0.4) is 0 Å². The fourth-order valence-electron chi connectivity index (χ4n) is 3.47. The number of rotatable bonds is 4. The van der Waals surface area contributed by atoms with Crippen LogP contribution >= 0.6 is 11.3 Å². The molecule has 0 spiro atoms. The molecule has 0 fully saturated rings. The lowest BCUT2D eigenvalue weighted by Gasteiger charge is -2.12. The van der Waals surface area contributed by atoms with Crippen molar-refractivity contribution in [2.24, 2.45) is 0 Å². The number of thiophene rings is 1. The first-order valence-corrected chi connectivity index (χ1v) is 10.1. The Morgan fingerprint density at radius 3 is 2.97 bits per heavy atom. The van der Waals surface area contributed by atoms with Crippen LogP contribution < -0.4 is 15.6 Å². The van der Waals surface area contributed by atoms with E-state index < -0.39 is 5.82 Å². The van der Waals surface area contributed by atoms with E-state index in [2.05, 4.69) is 21.5 Å². The van der Waals surface area contributed by atoms with E-state index in [-0.39, 0.29) is 12.2 Å². The van der Waals surface area contributed by atoms with Crippen molar-refractivity contribution in [3.05, 3.63) is 81.1 Å². The summed E-state index contributed by atoms with van der Waals surface area (Å²) in [5, 5.41) is 8.91. The SMILES string of the molecule is O=c1cc(OCc2ccc(F)cn2)cnn1-c1ccc2c3c(sc2c1)CNCC3. The van der Waals surface area contributed by atoms with Gasteiger partial charge in [-0.3, -0.25) is 9.78 Å². The molecule has 0 saturated carbocycles. The molecule has 1 aliphatic heterocycles. The number of fused-ring (bicyclic) bond motifs is 3. The van der Waals surface area contributed by atoms with Crippen molar-refractivity contribution in [2.75, 3.05) is 6.54 Å². The highest BCUT2D eigenvalue weighted by Crippen LogP contribution is 2.34. The van der Waals surface area contributed by atoms with E-state index in [1.807, 2.05) is 12.1 Å². The number of hydrogen-bond acceptors (Lipinski definition) is 6. The second-order valence-electron chi connectivity index (χ2n) is 6.81. The van der Waals surface area contributed by atoms with Gasteiger partial charge >= 0.3 is 0 Å². The van der Waals surface area contributed by atoms with E-state index in [1.54, 1.807) is 11.3 Å². The van der Waals surface area contributed by atoms with Gasteiger partial charge in [0.25, 0.3) is 5.56 Å². The normalized spacial score (nSPS) is 13.4. The van der Waals surface area contributed by atoms with Gasteiger partial charge in [-0.15, -0.1) is 11.3 Å². The standard InChI is InChI=1S/C21H17FN4O2S/c22-13-1-2-14(24-9-13)12-28-16-8-21(27)26(25-10-16)15-3-4-17-18-5-6-23-11-20(18)29-19(17)7-15/h1-4,7-10,23H,5-6,11-12H2. The smallest absolute Gasteiger partial charge is 0.275 e. The van der Waals surface area contributed by atoms with E-state index in [9.17, 15) is 9.18 Å². The Bertz CT molecular complexity index is 1250. The summed E-state index contributed by atoms with van der Waals surface area (Å²) in [5.41, 5.74) is 2.42. The van der Waals surface area contributed by atoms with E-state index in [1.165, 1.54) is 44.9 Å². The molecule has 3 aromatic heterocycles. The summed E-state index contributed by atoms with van der Waals surface area (Å²) in [6.45, 7) is 2.03. The quantitative estimate of drug-likeness (QED) is 0.562. The zero-order valence-electron chi connectivity index (χ0n) is 15.4. The number of halogens is 1. The number of nitrogens with zero attached hydrogens (tertiary/aromatic N) is 3. The topological polar surface area (TPSA) is 69.0 Å². The van der Waals surface area contributed by atoms with Crippen LogP contribution in [-0.4, -0.2) is 21.3 Å². The van der Waals surface area contributed by atoms with Crippen LogP contribution in [0.15, 0.2) is 53.6 Å². The molecule has 6 nitrogen and oxygen atoms in total. The number of nitrogens with one attached hydrogen (secondary N) is 1. The number of benzene rings is 1. The van der Waals surface area contributed by atoms with E-state index in [0.29, 0.717) is 11.4 Å².